The molecule has 1 aliphatic heterocycles. The van der Waals surface area contributed by atoms with Gasteiger partial charge in [0.25, 0.3) is 0 Å². The van der Waals surface area contributed by atoms with E-state index in [0.29, 0.717) is 12.3 Å². The number of nitrogens with zero attached hydrogens (tertiary/aromatic N) is 1. The lowest BCUT2D eigenvalue weighted by molar-refractivity contribution is 0.0352. The molecule has 1 aromatic carbocycles. The van der Waals surface area contributed by atoms with Gasteiger partial charge in [-0.25, -0.2) is 0 Å². The van der Waals surface area contributed by atoms with E-state index in [1.165, 1.54) is 43.1 Å². The summed E-state index contributed by atoms with van der Waals surface area (Å²) in [7, 11) is 1.64. The van der Waals surface area contributed by atoms with Crippen LogP contribution >= 0.6 is 0 Å². The third-order valence-electron chi connectivity index (χ3n) is 7.22. The lowest BCUT2D eigenvalue weighted by Crippen LogP contribution is -2.30. The topological polar surface area (TPSA) is 54.6 Å². The van der Waals surface area contributed by atoms with E-state index >= 15 is 0 Å². The monoisotopic (exact) mass is 461 g/mol. The lowest BCUT2D eigenvalue weighted by atomic mass is 9.92. The Bertz CT molecular complexity index is 1120. The first-order valence-corrected chi connectivity index (χ1v) is 12.9. The lowest BCUT2D eigenvalue weighted by Gasteiger charge is -2.18. The molecule has 0 saturated heterocycles. The fourth-order valence-electron chi connectivity index (χ4n) is 5.30. The number of rotatable bonds is 9. The highest BCUT2D eigenvalue weighted by atomic mass is 16.5. The highest BCUT2D eigenvalue weighted by Crippen LogP contribution is 2.39. The molecule has 0 bridgehead atoms. The van der Waals surface area contributed by atoms with Crippen molar-refractivity contribution in [2.24, 2.45) is 0 Å². The van der Waals surface area contributed by atoms with Gasteiger partial charge < -0.3 is 19.5 Å². The van der Waals surface area contributed by atoms with Crippen LogP contribution in [0.3, 0.4) is 0 Å². The number of ether oxygens (including phenoxy) is 1. The van der Waals surface area contributed by atoms with E-state index in [4.69, 9.17) is 4.74 Å². The molecule has 0 fully saturated rings. The van der Waals surface area contributed by atoms with E-state index in [1.807, 2.05) is 6.08 Å². The number of aliphatic hydroxyl groups is 2. The van der Waals surface area contributed by atoms with Crippen LogP contribution in [0, 0.1) is 0 Å². The summed E-state index contributed by atoms with van der Waals surface area (Å²) < 4.78 is 7.62. The Kier molecular flexibility index (Phi) is 8.12. The molecule has 1 aliphatic carbocycles. The number of hydrogen-bond donors (Lipinski definition) is 2. The van der Waals surface area contributed by atoms with E-state index in [1.54, 1.807) is 7.11 Å². The molecule has 0 unspecified atom stereocenters. The van der Waals surface area contributed by atoms with Gasteiger partial charge in [0.15, 0.2) is 0 Å². The number of benzene rings is 1. The minimum absolute atomic E-state index is 0.348. The summed E-state index contributed by atoms with van der Waals surface area (Å²) in [5.74, 6) is 0.623. The second-order valence-corrected chi connectivity index (χ2v) is 9.58. The van der Waals surface area contributed by atoms with Gasteiger partial charge in [0, 0.05) is 22.0 Å². The summed E-state index contributed by atoms with van der Waals surface area (Å²) in [5, 5.41) is 23.3. The number of aliphatic hydroxyl groups excluding tert-OH is 2. The molecule has 2 N–H and O–H groups in total. The summed E-state index contributed by atoms with van der Waals surface area (Å²) in [4.78, 5) is 0. The van der Waals surface area contributed by atoms with Gasteiger partial charge in [0.1, 0.15) is 18.0 Å². The predicted octanol–water partition coefficient (Wildman–Crippen LogP) is 6.56. The maximum atomic E-state index is 11.1. The highest BCUT2D eigenvalue weighted by Gasteiger charge is 2.31. The molecule has 0 spiro atoms. The van der Waals surface area contributed by atoms with Crippen molar-refractivity contribution in [3.63, 3.8) is 0 Å². The average molecular weight is 462 g/mol. The van der Waals surface area contributed by atoms with Crippen LogP contribution < -0.4 is 0 Å². The summed E-state index contributed by atoms with van der Waals surface area (Å²) in [6.07, 6.45) is 17.1. The molecule has 2 atom stereocenters. The molecule has 4 nitrogen and oxygen atoms in total. The van der Waals surface area contributed by atoms with Crippen LogP contribution in [0.1, 0.15) is 75.1 Å². The molecule has 2 aromatic rings. The molecule has 0 radical (unpaired) electrons. The molecule has 34 heavy (non-hydrogen) atoms. The maximum Gasteiger partial charge on any atom is 0.118 e. The van der Waals surface area contributed by atoms with Crippen molar-refractivity contribution in [2.45, 2.75) is 83.5 Å². The van der Waals surface area contributed by atoms with Crippen molar-refractivity contribution in [1.82, 2.24) is 4.57 Å². The van der Waals surface area contributed by atoms with E-state index in [-0.39, 0.29) is 0 Å². The SMILES string of the molecule is C=C(OC)c1ccc2c(CCCCCCCC)c3n(c2c1)C[C@@H](O)[C@@H](O)C1=C3/C=C\CC/C=C\1. The Morgan fingerprint density at radius 1 is 1.06 bits per heavy atom. The number of hydrogen-bond acceptors (Lipinski definition) is 3. The first-order valence-electron chi connectivity index (χ1n) is 12.9. The highest BCUT2D eigenvalue weighted by molar-refractivity contribution is 5.95. The maximum absolute atomic E-state index is 11.1. The van der Waals surface area contributed by atoms with Crippen LogP contribution in [-0.2, 0) is 17.7 Å². The van der Waals surface area contributed by atoms with Crippen molar-refractivity contribution in [3.8, 4) is 0 Å². The number of aromatic nitrogens is 1. The van der Waals surface area contributed by atoms with E-state index < -0.39 is 12.2 Å². The van der Waals surface area contributed by atoms with Gasteiger partial charge >= 0.3 is 0 Å². The first-order chi connectivity index (χ1) is 16.6. The summed E-state index contributed by atoms with van der Waals surface area (Å²) in [6, 6.07) is 6.37. The molecule has 2 aliphatic rings. The van der Waals surface area contributed by atoms with Crippen molar-refractivity contribution < 1.29 is 14.9 Å². The van der Waals surface area contributed by atoms with Crippen molar-refractivity contribution in [1.29, 1.82) is 0 Å². The van der Waals surface area contributed by atoms with Crippen LogP contribution in [0.2, 0.25) is 0 Å². The van der Waals surface area contributed by atoms with E-state index in [2.05, 4.69) is 54.5 Å². The zero-order chi connectivity index (χ0) is 24.1. The van der Waals surface area contributed by atoms with Gasteiger partial charge in [-0.1, -0.05) is 82.0 Å². The molecule has 4 rings (SSSR count). The normalized spacial score (nSPS) is 21.9. The Labute approximate surface area is 203 Å². The van der Waals surface area contributed by atoms with Gasteiger partial charge in [-0.3, -0.25) is 0 Å². The Morgan fingerprint density at radius 3 is 2.56 bits per heavy atom. The summed E-state index contributed by atoms with van der Waals surface area (Å²) in [6.45, 7) is 6.64. The third-order valence-corrected chi connectivity index (χ3v) is 7.22. The minimum atomic E-state index is -0.914. The Hall–Kier alpha value is -2.56. The fourth-order valence-corrected chi connectivity index (χ4v) is 5.30. The van der Waals surface area contributed by atoms with Gasteiger partial charge in [-0.2, -0.15) is 0 Å². The molecule has 0 amide bonds. The standard InChI is InChI=1S/C30H39NO3/c1-4-5-6-7-8-11-14-24-23-18-17-22(21(2)34-3)19-27(23)31-20-28(32)30(33)26-16-13-10-9-12-15-25(26)29(24)31/h12-13,15-19,28,30,32-33H,2,4-11,14,20H2,1,3H3/b15-12-,16-13-/t28-,30+/m1/s1. The molecule has 4 heteroatoms. The number of unbranched alkanes of at least 4 members (excludes halogenated alkanes) is 5. The van der Waals surface area contributed by atoms with Crippen LogP contribution in [0.15, 0.2) is 54.7 Å². The fraction of sp³-hybridized carbons (Fsp3) is 0.467. The number of methoxy groups -OCH3 is 1. The first kappa shape index (κ1) is 24.6. The Morgan fingerprint density at radius 2 is 1.79 bits per heavy atom. The Balaban J connectivity index is 1.86. The van der Waals surface area contributed by atoms with Crippen molar-refractivity contribution in [3.05, 3.63) is 71.5 Å². The quantitative estimate of drug-likeness (QED) is 0.329. The largest absolute Gasteiger partial charge is 0.497 e. The second kappa shape index (κ2) is 11.2. The van der Waals surface area contributed by atoms with Crippen LogP contribution in [0.5, 0.6) is 0 Å². The summed E-state index contributed by atoms with van der Waals surface area (Å²) >= 11 is 0. The molecule has 0 saturated carbocycles. The van der Waals surface area contributed by atoms with Crippen molar-refractivity contribution >= 4 is 22.2 Å². The third kappa shape index (κ3) is 4.94. The minimum Gasteiger partial charge on any atom is -0.497 e. The van der Waals surface area contributed by atoms with Crippen molar-refractivity contribution in [2.75, 3.05) is 7.11 Å². The zero-order valence-electron chi connectivity index (χ0n) is 20.7. The smallest absolute Gasteiger partial charge is 0.118 e. The number of allylic oxidation sites excluding steroid dienone is 4. The van der Waals surface area contributed by atoms with E-state index in [9.17, 15) is 10.2 Å². The number of fused-ring (bicyclic) bond motifs is 4. The molecular formula is C30H39NO3. The van der Waals surface area contributed by atoms with E-state index in [0.717, 1.165) is 53.6 Å². The summed E-state index contributed by atoms with van der Waals surface area (Å²) in [5.41, 5.74) is 6.29. The van der Waals surface area contributed by atoms with Gasteiger partial charge in [0.05, 0.1) is 19.3 Å². The number of aryl methyl sites for hydroxylation is 1. The van der Waals surface area contributed by atoms with Gasteiger partial charge in [-0.05, 0) is 42.9 Å². The molecule has 182 valence electrons. The molecular weight excluding hydrogens is 422 g/mol. The van der Waals surface area contributed by atoms with Crippen LogP contribution in [-0.4, -0.2) is 34.1 Å². The zero-order valence-corrected chi connectivity index (χ0v) is 20.7. The second-order valence-electron chi connectivity index (χ2n) is 9.58. The average Bonchev–Trinajstić information content (AvgIpc) is 3.07. The van der Waals surface area contributed by atoms with Gasteiger partial charge in [0.2, 0.25) is 0 Å². The predicted molar refractivity (Wildman–Crippen MR) is 142 cm³/mol. The van der Waals surface area contributed by atoms with Crippen LogP contribution in [0.25, 0.3) is 22.2 Å². The van der Waals surface area contributed by atoms with Crippen LogP contribution in [0.4, 0.5) is 0 Å². The molecule has 1 aromatic heterocycles. The molecule has 2 heterocycles. The van der Waals surface area contributed by atoms with Gasteiger partial charge in [-0.15, -0.1) is 0 Å².